The maximum absolute atomic E-state index is 5.55. The van der Waals surface area contributed by atoms with E-state index in [4.69, 9.17) is 4.74 Å². The summed E-state index contributed by atoms with van der Waals surface area (Å²) >= 11 is 8.69. The Labute approximate surface area is 79.0 Å². The van der Waals surface area contributed by atoms with Gasteiger partial charge in [-0.15, -0.1) is 12.6 Å². The lowest BCUT2D eigenvalue weighted by Crippen LogP contribution is -2.25. The van der Waals surface area contributed by atoms with Crippen molar-refractivity contribution in [3.63, 3.8) is 0 Å². The molecule has 0 aromatic rings. The van der Waals surface area contributed by atoms with Gasteiger partial charge in [-0.2, -0.15) is 12.6 Å². The van der Waals surface area contributed by atoms with Crippen LogP contribution in [0.25, 0.3) is 0 Å². The van der Waals surface area contributed by atoms with Crippen molar-refractivity contribution in [2.24, 2.45) is 0 Å². The Balaban J connectivity index is 2.56. The van der Waals surface area contributed by atoms with E-state index >= 15 is 0 Å². The highest BCUT2D eigenvalue weighted by atomic mass is 32.1. The first-order valence-electron chi connectivity index (χ1n) is 3.86. The van der Waals surface area contributed by atoms with Crippen LogP contribution in [0.2, 0.25) is 0 Å². The smallest absolute Gasteiger partial charge is 0.163 e. The molecule has 1 aliphatic rings. The van der Waals surface area contributed by atoms with Gasteiger partial charge in [-0.1, -0.05) is 6.92 Å². The largest absolute Gasteiger partial charge is 0.480 e. The van der Waals surface area contributed by atoms with Crippen LogP contribution in [-0.4, -0.2) is 10.2 Å². The molecule has 0 radical (unpaired) electrons. The Kier molecular flexibility index (Phi) is 2.81. The van der Waals surface area contributed by atoms with Gasteiger partial charge in [0.15, 0.2) is 4.93 Å². The molecule has 0 aliphatic carbocycles. The summed E-state index contributed by atoms with van der Waals surface area (Å²) in [5.74, 6) is 1.03. The summed E-state index contributed by atoms with van der Waals surface area (Å²) in [4.78, 5) is -0.409. The van der Waals surface area contributed by atoms with Crippen molar-refractivity contribution in [1.29, 1.82) is 0 Å². The Morgan fingerprint density at radius 3 is 2.73 bits per heavy atom. The monoisotopic (exact) mass is 190 g/mol. The van der Waals surface area contributed by atoms with E-state index in [-0.39, 0.29) is 5.25 Å². The van der Waals surface area contributed by atoms with E-state index in [0.29, 0.717) is 0 Å². The molecule has 0 spiro atoms. The number of hydrogen-bond donors (Lipinski definition) is 2. The van der Waals surface area contributed by atoms with E-state index in [1.165, 1.54) is 0 Å². The molecule has 0 N–H and O–H groups in total. The first-order valence-corrected chi connectivity index (χ1v) is 4.83. The van der Waals surface area contributed by atoms with Gasteiger partial charge in [0.05, 0.1) is 11.0 Å². The molecule has 0 aromatic carbocycles. The lowest BCUT2D eigenvalue weighted by Gasteiger charge is -2.22. The second-order valence-electron chi connectivity index (χ2n) is 2.98. The fraction of sp³-hybridized carbons (Fsp3) is 0.750. The zero-order chi connectivity index (χ0) is 8.48. The third-order valence-electron chi connectivity index (χ3n) is 1.73. The molecule has 1 rings (SSSR count). The van der Waals surface area contributed by atoms with Crippen LogP contribution in [0, 0.1) is 0 Å². The summed E-state index contributed by atoms with van der Waals surface area (Å²) in [5, 5.41) is 0.118. The minimum absolute atomic E-state index is 0.118. The lowest BCUT2D eigenvalue weighted by molar-refractivity contribution is 0.127. The molecule has 1 heterocycles. The average Bonchev–Trinajstić information content (AvgIpc) is 2.08. The van der Waals surface area contributed by atoms with E-state index in [1.54, 1.807) is 0 Å². The number of rotatable bonds is 2. The van der Waals surface area contributed by atoms with Crippen LogP contribution in [0.1, 0.15) is 26.7 Å². The van der Waals surface area contributed by atoms with Gasteiger partial charge >= 0.3 is 0 Å². The van der Waals surface area contributed by atoms with Gasteiger partial charge in [0.2, 0.25) is 0 Å². The van der Waals surface area contributed by atoms with E-state index < -0.39 is 4.93 Å². The van der Waals surface area contributed by atoms with Gasteiger partial charge in [0.1, 0.15) is 0 Å². The maximum atomic E-state index is 5.55. The van der Waals surface area contributed by atoms with E-state index in [0.717, 1.165) is 18.6 Å². The van der Waals surface area contributed by atoms with Crippen LogP contribution in [0.5, 0.6) is 0 Å². The highest BCUT2D eigenvalue weighted by molar-refractivity contribution is 7.85. The highest BCUT2D eigenvalue weighted by Gasteiger charge is 2.34. The lowest BCUT2D eigenvalue weighted by atomic mass is 10.2. The van der Waals surface area contributed by atoms with Crippen LogP contribution in [0.15, 0.2) is 11.8 Å². The first kappa shape index (κ1) is 9.33. The fourth-order valence-corrected chi connectivity index (χ4v) is 1.48. The number of ether oxygens (including phenoxy) is 1. The van der Waals surface area contributed by atoms with Crippen molar-refractivity contribution < 1.29 is 4.74 Å². The van der Waals surface area contributed by atoms with E-state index in [2.05, 4.69) is 32.2 Å². The molecule has 2 atom stereocenters. The molecule has 0 unspecified atom stereocenters. The van der Waals surface area contributed by atoms with Crippen molar-refractivity contribution in [3.8, 4) is 0 Å². The SMILES string of the molecule is CCCC1=C[C@@H](S)[C@@](C)(S)O1. The number of hydrogen-bond acceptors (Lipinski definition) is 3. The summed E-state index contributed by atoms with van der Waals surface area (Å²) in [7, 11) is 0. The second kappa shape index (κ2) is 3.31. The first-order chi connectivity index (χ1) is 5.06. The van der Waals surface area contributed by atoms with E-state index in [9.17, 15) is 0 Å². The van der Waals surface area contributed by atoms with Gasteiger partial charge < -0.3 is 4.74 Å². The zero-order valence-electron chi connectivity index (χ0n) is 6.87. The Bertz CT molecular complexity index is 175. The van der Waals surface area contributed by atoms with Gasteiger partial charge in [0.25, 0.3) is 0 Å². The maximum Gasteiger partial charge on any atom is 0.163 e. The van der Waals surface area contributed by atoms with Crippen molar-refractivity contribution in [1.82, 2.24) is 0 Å². The minimum Gasteiger partial charge on any atom is -0.480 e. The third kappa shape index (κ3) is 2.09. The van der Waals surface area contributed by atoms with Crippen LogP contribution >= 0.6 is 25.3 Å². The van der Waals surface area contributed by atoms with Gasteiger partial charge in [-0.3, -0.25) is 0 Å². The van der Waals surface area contributed by atoms with Crippen molar-refractivity contribution in [3.05, 3.63) is 11.8 Å². The Morgan fingerprint density at radius 2 is 2.36 bits per heavy atom. The van der Waals surface area contributed by atoms with E-state index in [1.807, 2.05) is 13.0 Å². The van der Waals surface area contributed by atoms with Crippen LogP contribution in [0.3, 0.4) is 0 Å². The zero-order valence-corrected chi connectivity index (χ0v) is 8.66. The molecular weight excluding hydrogens is 176 g/mol. The summed E-state index contributed by atoms with van der Waals surface area (Å²) in [6.07, 6.45) is 4.14. The van der Waals surface area contributed by atoms with Crippen LogP contribution in [0.4, 0.5) is 0 Å². The molecule has 64 valence electrons. The predicted octanol–water partition coefficient (Wildman–Crippen LogP) is 2.65. The molecule has 11 heavy (non-hydrogen) atoms. The summed E-state index contributed by atoms with van der Waals surface area (Å²) in [6, 6.07) is 0. The molecule has 0 saturated heterocycles. The Hall–Kier alpha value is 0.240. The van der Waals surface area contributed by atoms with Gasteiger partial charge in [-0.25, -0.2) is 0 Å². The highest BCUT2D eigenvalue weighted by Crippen LogP contribution is 2.36. The quantitative estimate of drug-likeness (QED) is 0.637. The molecule has 1 aliphatic heterocycles. The number of allylic oxidation sites excluding steroid dienone is 1. The van der Waals surface area contributed by atoms with Crippen molar-refractivity contribution >= 4 is 25.3 Å². The standard InChI is InChI=1S/C8H14OS2/c1-3-4-6-5-7(10)8(2,11)9-6/h5,7,10-11H,3-4H2,1-2H3/t7-,8-/m1/s1. The van der Waals surface area contributed by atoms with Gasteiger partial charge in [0, 0.05) is 6.42 Å². The number of thiol groups is 2. The van der Waals surface area contributed by atoms with Crippen LogP contribution in [-0.2, 0) is 4.74 Å². The topological polar surface area (TPSA) is 9.23 Å². The van der Waals surface area contributed by atoms with Crippen molar-refractivity contribution in [2.45, 2.75) is 36.9 Å². The summed E-state index contributed by atoms with van der Waals surface area (Å²) < 4.78 is 5.55. The minimum atomic E-state index is -0.409. The normalized spacial score (nSPS) is 36.7. The molecule has 0 aromatic heterocycles. The van der Waals surface area contributed by atoms with Crippen molar-refractivity contribution in [2.75, 3.05) is 0 Å². The third-order valence-corrected chi connectivity index (χ3v) is 2.94. The fourth-order valence-electron chi connectivity index (χ4n) is 1.07. The molecule has 0 bridgehead atoms. The molecule has 0 amide bonds. The summed E-state index contributed by atoms with van der Waals surface area (Å²) in [5.41, 5.74) is 0. The van der Waals surface area contributed by atoms with Crippen LogP contribution < -0.4 is 0 Å². The Morgan fingerprint density at radius 1 is 1.73 bits per heavy atom. The predicted molar refractivity (Wildman–Crippen MR) is 54.2 cm³/mol. The molecule has 0 saturated carbocycles. The molecule has 0 fully saturated rings. The van der Waals surface area contributed by atoms with Gasteiger partial charge in [-0.05, 0) is 19.4 Å². The second-order valence-corrected chi connectivity index (χ2v) is 4.43. The molecule has 3 heteroatoms. The molecule has 1 nitrogen and oxygen atoms in total. The summed E-state index contributed by atoms with van der Waals surface area (Å²) in [6.45, 7) is 4.07. The average molecular weight is 190 g/mol. The molecular formula is C8H14OS2.